The number of fused-ring (bicyclic) bond motifs is 2. The second kappa shape index (κ2) is 9.61. The van der Waals surface area contributed by atoms with Crippen molar-refractivity contribution in [2.45, 2.75) is 29.1 Å². The lowest BCUT2D eigenvalue weighted by atomic mass is 9.97. The van der Waals surface area contributed by atoms with Gasteiger partial charge in [-0.1, -0.05) is 36.0 Å². The number of para-hydroxylation sites is 2. The standard InChI is InChI=1S/C25H27N5OS/c31-25(19-7-5-15-29(18-19)24-17-26-13-14-27-24)28-12-6-16-30-20-8-1-3-10-22(20)32-23-11-4-2-9-21(23)30/h1-4,8-11,13-14,17,19H,5-7,12,15-16,18H2,(H,28,31). The van der Waals surface area contributed by atoms with Gasteiger partial charge < -0.3 is 15.1 Å². The Morgan fingerprint density at radius 2 is 1.81 bits per heavy atom. The Balaban J connectivity index is 1.17. The predicted molar refractivity (Wildman–Crippen MR) is 129 cm³/mol. The molecule has 1 N–H and O–H groups in total. The van der Waals surface area contributed by atoms with E-state index in [9.17, 15) is 4.79 Å². The van der Waals surface area contributed by atoms with E-state index in [1.54, 1.807) is 18.6 Å². The summed E-state index contributed by atoms with van der Waals surface area (Å²) in [5, 5.41) is 3.18. The molecular formula is C25H27N5OS. The fourth-order valence-corrected chi connectivity index (χ4v) is 5.56. The quantitative estimate of drug-likeness (QED) is 0.564. The molecule has 1 aromatic heterocycles. The molecule has 164 valence electrons. The average Bonchev–Trinajstić information content (AvgIpc) is 2.86. The molecule has 1 fully saturated rings. The Labute approximate surface area is 193 Å². The number of hydrogen-bond acceptors (Lipinski definition) is 6. The number of nitrogens with one attached hydrogen (secondary N) is 1. The summed E-state index contributed by atoms with van der Waals surface area (Å²) in [5.74, 6) is 0.998. The minimum Gasteiger partial charge on any atom is -0.356 e. The van der Waals surface area contributed by atoms with Gasteiger partial charge in [-0.3, -0.25) is 9.78 Å². The van der Waals surface area contributed by atoms with Gasteiger partial charge in [0.25, 0.3) is 0 Å². The highest BCUT2D eigenvalue weighted by molar-refractivity contribution is 7.99. The third-order valence-corrected chi connectivity index (χ3v) is 7.19. The summed E-state index contributed by atoms with van der Waals surface area (Å²) < 4.78 is 0. The molecule has 1 atom stereocenters. The van der Waals surface area contributed by atoms with Crippen LogP contribution in [0.5, 0.6) is 0 Å². The molecule has 0 aliphatic carbocycles. The van der Waals surface area contributed by atoms with Crippen LogP contribution in [0.2, 0.25) is 0 Å². The number of piperidine rings is 1. The van der Waals surface area contributed by atoms with Crippen molar-refractivity contribution >= 4 is 34.9 Å². The minimum atomic E-state index is -0.00130. The number of carbonyl (C=O) groups is 1. The van der Waals surface area contributed by atoms with Gasteiger partial charge in [0.15, 0.2) is 0 Å². The minimum absolute atomic E-state index is 0.00130. The highest BCUT2D eigenvalue weighted by atomic mass is 32.2. The number of carbonyl (C=O) groups excluding carboxylic acids is 1. The summed E-state index contributed by atoms with van der Waals surface area (Å²) in [5.41, 5.74) is 2.49. The van der Waals surface area contributed by atoms with Crippen molar-refractivity contribution in [2.75, 3.05) is 36.0 Å². The van der Waals surface area contributed by atoms with E-state index in [0.29, 0.717) is 13.1 Å². The molecule has 5 rings (SSSR count). The van der Waals surface area contributed by atoms with E-state index in [2.05, 4.69) is 73.6 Å². The van der Waals surface area contributed by atoms with Gasteiger partial charge in [0.05, 0.1) is 23.5 Å². The number of amides is 1. The lowest BCUT2D eigenvalue weighted by Crippen LogP contribution is -2.43. The molecule has 0 radical (unpaired) electrons. The zero-order valence-corrected chi connectivity index (χ0v) is 18.8. The van der Waals surface area contributed by atoms with E-state index in [-0.39, 0.29) is 11.8 Å². The molecule has 2 aliphatic heterocycles. The first-order chi connectivity index (χ1) is 15.8. The van der Waals surface area contributed by atoms with Crippen LogP contribution in [0.15, 0.2) is 76.9 Å². The molecule has 1 saturated heterocycles. The number of rotatable bonds is 6. The maximum absolute atomic E-state index is 12.8. The highest BCUT2D eigenvalue weighted by Gasteiger charge is 2.27. The van der Waals surface area contributed by atoms with Gasteiger partial charge in [0.2, 0.25) is 5.91 Å². The lowest BCUT2D eigenvalue weighted by Gasteiger charge is -2.33. The molecule has 3 aromatic rings. The van der Waals surface area contributed by atoms with E-state index in [1.807, 2.05) is 11.8 Å². The zero-order chi connectivity index (χ0) is 21.8. The second-order valence-corrected chi connectivity index (χ2v) is 9.27. The normalized spacial score (nSPS) is 17.4. The fraction of sp³-hybridized carbons (Fsp3) is 0.320. The average molecular weight is 446 g/mol. The van der Waals surface area contributed by atoms with Crippen molar-refractivity contribution < 1.29 is 4.79 Å². The first kappa shape index (κ1) is 20.8. The monoisotopic (exact) mass is 445 g/mol. The fourth-order valence-electron chi connectivity index (χ4n) is 4.47. The van der Waals surface area contributed by atoms with Gasteiger partial charge in [0, 0.05) is 48.4 Å². The van der Waals surface area contributed by atoms with Crippen molar-refractivity contribution in [3.05, 3.63) is 67.1 Å². The molecule has 1 unspecified atom stereocenters. The molecule has 0 bridgehead atoms. The van der Waals surface area contributed by atoms with Crippen molar-refractivity contribution in [1.29, 1.82) is 0 Å². The molecule has 7 heteroatoms. The van der Waals surface area contributed by atoms with Gasteiger partial charge in [-0.25, -0.2) is 4.98 Å². The smallest absolute Gasteiger partial charge is 0.224 e. The third kappa shape index (κ3) is 4.43. The number of hydrogen-bond donors (Lipinski definition) is 1. The topological polar surface area (TPSA) is 61.4 Å². The summed E-state index contributed by atoms with van der Waals surface area (Å²) in [7, 11) is 0. The largest absolute Gasteiger partial charge is 0.356 e. The number of nitrogens with zero attached hydrogens (tertiary/aromatic N) is 4. The van der Waals surface area contributed by atoms with E-state index in [1.165, 1.54) is 21.2 Å². The van der Waals surface area contributed by atoms with Crippen molar-refractivity contribution in [3.8, 4) is 0 Å². The zero-order valence-electron chi connectivity index (χ0n) is 18.0. The molecule has 1 amide bonds. The third-order valence-electron chi connectivity index (χ3n) is 6.06. The Morgan fingerprint density at radius 3 is 2.53 bits per heavy atom. The Hall–Kier alpha value is -3.06. The van der Waals surface area contributed by atoms with Gasteiger partial charge in [0.1, 0.15) is 5.82 Å². The van der Waals surface area contributed by atoms with Crippen LogP contribution in [-0.4, -0.2) is 42.1 Å². The maximum atomic E-state index is 12.8. The Kier molecular flexibility index (Phi) is 6.25. The summed E-state index contributed by atoms with van der Waals surface area (Å²) in [6.07, 6.45) is 7.96. The SMILES string of the molecule is O=C(NCCCN1c2ccccc2Sc2ccccc21)C1CCCN(c2cnccn2)C1. The lowest BCUT2D eigenvalue weighted by molar-refractivity contribution is -0.125. The molecule has 3 heterocycles. The molecule has 0 spiro atoms. The van der Waals surface area contributed by atoms with E-state index in [0.717, 1.165) is 38.2 Å². The van der Waals surface area contributed by atoms with E-state index >= 15 is 0 Å². The molecule has 2 aromatic carbocycles. The molecular weight excluding hydrogens is 418 g/mol. The number of anilines is 3. The van der Waals surface area contributed by atoms with Crippen LogP contribution in [0, 0.1) is 5.92 Å². The van der Waals surface area contributed by atoms with Crippen LogP contribution >= 0.6 is 11.8 Å². The van der Waals surface area contributed by atoms with Gasteiger partial charge in [-0.05, 0) is 43.5 Å². The van der Waals surface area contributed by atoms with Crippen LogP contribution < -0.4 is 15.1 Å². The van der Waals surface area contributed by atoms with Crippen molar-refractivity contribution in [2.24, 2.45) is 5.92 Å². The summed E-state index contributed by atoms with van der Waals surface area (Å²) in [6.45, 7) is 3.17. The number of benzene rings is 2. The van der Waals surface area contributed by atoms with Gasteiger partial charge in [-0.15, -0.1) is 0 Å². The van der Waals surface area contributed by atoms with Crippen LogP contribution in [0.25, 0.3) is 0 Å². The van der Waals surface area contributed by atoms with Gasteiger partial charge in [-0.2, -0.15) is 0 Å². The van der Waals surface area contributed by atoms with Crippen LogP contribution in [-0.2, 0) is 4.79 Å². The van der Waals surface area contributed by atoms with Crippen LogP contribution in [0.4, 0.5) is 17.2 Å². The molecule has 0 saturated carbocycles. The summed E-state index contributed by atoms with van der Waals surface area (Å²) >= 11 is 1.82. The Morgan fingerprint density at radius 1 is 1.06 bits per heavy atom. The van der Waals surface area contributed by atoms with Crippen LogP contribution in [0.1, 0.15) is 19.3 Å². The van der Waals surface area contributed by atoms with Crippen molar-refractivity contribution in [3.63, 3.8) is 0 Å². The van der Waals surface area contributed by atoms with E-state index in [4.69, 9.17) is 0 Å². The predicted octanol–water partition coefficient (Wildman–Crippen LogP) is 4.50. The highest BCUT2D eigenvalue weighted by Crippen LogP contribution is 2.47. The molecule has 6 nitrogen and oxygen atoms in total. The summed E-state index contributed by atoms with van der Waals surface area (Å²) in [6, 6.07) is 17.1. The first-order valence-corrected chi connectivity index (χ1v) is 12.0. The molecule has 32 heavy (non-hydrogen) atoms. The first-order valence-electron chi connectivity index (χ1n) is 11.2. The second-order valence-electron chi connectivity index (χ2n) is 8.18. The molecule has 2 aliphatic rings. The van der Waals surface area contributed by atoms with Gasteiger partial charge >= 0.3 is 0 Å². The maximum Gasteiger partial charge on any atom is 0.224 e. The Bertz CT molecular complexity index is 1030. The summed E-state index contributed by atoms with van der Waals surface area (Å²) in [4.78, 5) is 28.5. The van der Waals surface area contributed by atoms with Crippen LogP contribution in [0.3, 0.4) is 0 Å². The van der Waals surface area contributed by atoms with Crippen molar-refractivity contribution in [1.82, 2.24) is 15.3 Å². The number of aromatic nitrogens is 2. The van der Waals surface area contributed by atoms with E-state index < -0.39 is 0 Å².